The highest BCUT2D eigenvalue weighted by Crippen LogP contribution is 2.38. The number of rotatable bonds is 7. The Morgan fingerprint density at radius 1 is 0.273 bits per heavy atom. The van der Waals surface area contributed by atoms with Gasteiger partial charge in [0.1, 0.15) is 0 Å². The van der Waals surface area contributed by atoms with Gasteiger partial charge in [-0.1, -0.05) is 206 Å². The second kappa shape index (κ2) is 13.8. The van der Waals surface area contributed by atoms with Gasteiger partial charge in [0, 0.05) is 16.7 Å². The first-order valence-electron chi connectivity index (χ1n) is 18.7. The minimum Gasteiger partial charge on any atom is -0.208 e. The first-order valence-corrected chi connectivity index (χ1v) is 20.7. The van der Waals surface area contributed by atoms with Crippen molar-refractivity contribution in [2.75, 3.05) is 0 Å². The normalized spacial score (nSPS) is 11.6. The lowest BCUT2D eigenvalue weighted by Gasteiger charge is -2.34. The number of hydrogen-bond acceptors (Lipinski definition) is 3. The highest BCUT2D eigenvalue weighted by Gasteiger charge is 2.41. The van der Waals surface area contributed by atoms with E-state index in [0.717, 1.165) is 22.1 Å². The summed E-state index contributed by atoms with van der Waals surface area (Å²) >= 11 is 0. The van der Waals surface area contributed by atoms with E-state index in [2.05, 4.69) is 194 Å². The predicted molar refractivity (Wildman–Crippen MR) is 232 cm³/mol. The van der Waals surface area contributed by atoms with E-state index in [1.165, 1.54) is 47.7 Å². The summed E-state index contributed by atoms with van der Waals surface area (Å²) in [7, 11) is -2.78. The zero-order valence-corrected chi connectivity index (χ0v) is 31.0. The molecule has 3 nitrogen and oxygen atoms in total. The SMILES string of the molecule is c1ccc(-c2nc(-c3cccc([Si](c4ccccc4)(c4ccccc4)c4ccccc4)c3)nc(-c3cc4c5ccccc5ccc4c4ccccc34)n2)cc1. The number of hydrogen-bond donors (Lipinski definition) is 0. The number of fused-ring (bicyclic) bond motifs is 5. The first kappa shape index (κ1) is 32.6. The number of aromatic nitrogens is 3. The van der Waals surface area contributed by atoms with Gasteiger partial charge in [0.25, 0.3) is 0 Å². The Morgan fingerprint density at radius 2 is 0.727 bits per heavy atom. The molecule has 0 saturated carbocycles. The van der Waals surface area contributed by atoms with Gasteiger partial charge in [-0.05, 0) is 59.1 Å². The van der Waals surface area contributed by atoms with E-state index >= 15 is 0 Å². The van der Waals surface area contributed by atoms with Crippen molar-refractivity contribution >= 4 is 61.1 Å². The van der Waals surface area contributed by atoms with Crippen LogP contribution < -0.4 is 20.7 Å². The minimum atomic E-state index is -2.78. The summed E-state index contributed by atoms with van der Waals surface area (Å²) in [5.74, 6) is 1.94. The summed E-state index contributed by atoms with van der Waals surface area (Å²) < 4.78 is 0. The Kier molecular flexibility index (Phi) is 8.16. The van der Waals surface area contributed by atoms with Gasteiger partial charge < -0.3 is 0 Å². The molecule has 0 aliphatic heterocycles. The zero-order chi connectivity index (χ0) is 36.6. The van der Waals surface area contributed by atoms with Crippen LogP contribution in [-0.2, 0) is 0 Å². The molecule has 10 rings (SSSR count). The lowest BCUT2D eigenvalue weighted by molar-refractivity contribution is 1.08. The van der Waals surface area contributed by atoms with Crippen LogP contribution in [0.4, 0.5) is 0 Å². The Bertz CT molecular complexity index is 2870. The molecule has 55 heavy (non-hydrogen) atoms. The summed E-state index contributed by atoms with van der Waals surface area (Å²) in [6.07, 6.45) is 0. The average Bonchev–Trinajstić information content (AvgIpc) is 3.27. The Balaban J connectivity index is 1.25. The second-order valence-corrected chi connectivity index (χ2v) is 17.8. The van der Waals surface area contributed by atoms with Crippen molar-refractivity contribution in [3.8, 4) is 34.2 Å². The molecular formula is C51H35N3Si. The fourth-order valence-corrected chi connectivity index (χ4v) is 13.1. The molecule has 0 fully saturated rings. The molecule has 10 aromatic rings. The second-order valence-electron chi connectivity index (χ2n) is 14.0. The van der Waals surface area contributed by atoms with Crippen LogP contribution in [0.15, 0.2) is 212 Å². The predicted octanol–water partition coefficient (Wildman–Crippen LogP) is 9.71. The van der Waals surface area contributed by atoms with Crippen LogP contribution in [0.1, 0.15) is 0 Å². The maximum Gasteiger partial charge on any atom is 0.179 e. The van der Waals surface area contributed by atoms with Crippen LogP contribution in [0.3, 0.4) is 0 Å². The van der Waals surface area contributed by atoms with Crippen LogP contribution in [-0.4, -0.2) is 23.0 Å². The number of benzene rings is 9. The fraction of sp³-hybridized carbons (Fsp3) is 0. The maximum atomic E-state index is 5.37. The van der Waals surface area contributed by atoms with E-state index in [0.29, 0.717) is 17.5 Å². The van der Waals surface area contributed by atoms with Gasteiger partial charge in [0.15, 0.2) is 25.5 Å². The van der Waals surface area contributed by atoms with Gasteiger partial charge in [-0.15, -0.1) is 0 Å². The minimum absolute atomic E-state index is 0.643. The molecule has 258 valence electrons. The molecule has 0 aliphatic carbocycles. The van der Waals surface area contributed by atoms with Crippen molar-refractivity contribution < 1.29 is 0 Å². The smallest absolute Gasteiger partial charge is 0.179 e. The molecule has 4 heteroatoms. The van der Waals surface area contributed by atoms with Gasteiger partial charge in [0.2, 0.25) is 0 Å². The van der Waals surface area contributed by atoms with Crippen molar-refractivity contribution in [1.29, 1.82) is 0 Å². The van der Waals surface area contributed by atoms with Crippen molar-refractivity contribution in [1.82, 2.24) is 15.0 Å². The van der Waals surface area contributed by atoms with Gasteiger partial charge in [0.05, 0.1) is 0 Å². The van der Waals surface area contributed by atoms with E-state index in [1.54, 1.807) is 0 Å². The standard InChI is InChI=1S/C51H35N3Si/c1-5-19-37(20-6-1)49-52-50(54-51(53-49)48-35-47-43-29-14-13-18-36(43)32-33-46(47)44-30-15-16-31-45(44)48)38-21-17-28-42(34-38)55(39-22-7-2-8-23-39,40-24-9-3-10-25-40)41-26-11-4-12-27-41/h1-35H. The molecule has 0 saturated heterocycles. The number of nitrogens with zero attached hydrogens (tertiary/aromatic N) is 3. The highest BCUT2D eigenvalue weighted by atomic mass is 28.3. The summed E-state index contributed by atoms with van der Waals surface area (Å²) in [6.45, 7) is 0. The van der Waals surface area contributed by atoms with Crippen molar-refractivity contribution in [3.63, 3.8) is 0 Å². The molecule has 0 unspecified atom stereocenters. The van der Waals surface area contributed by atoms with Crippen molar-refractivity contribution in [3.05, 3.63) is 212 Å². The lowest BCUT2D eigenvalue weighted by Crippen LogP contribution is -2.74. The molecule has 0 amide bonds. The Morgan fingerprint density at radius 3 is 1.36 bits per heavy atom. The Labute approximate surface area is 321 Å². The van der Waals surface area contributed by atoms with E-state index in [4.69, 9.17) is 15.0 Å². The van der Waals surface area contributed by atoms with E-state index in [9.17, 15) is 0 Å². The van der Waals surface area contributed by atoms with Crippen molar-refractivity contribution in [2.45, 2.75) is 0 Å². The molecule has 1 aromatic heterocycles. The summed E-state index contributed by atoms with van der Waals surface area (Å²) in [5, 5.41) is 12.3. The van der Waals surface area contributed by atoms with Crippen LogP contribution >= 0.6 is 0 Å². The summed E-state index contributed by atoms with van der Waals surface area (Å²) in [4.78, 5) is 15.8. The highest BCUT2D eigenvalue weighted by molar-refractivity contribution is 7.19. The van der Waals surface area contributed by atoms with Crippen LogP contribution in [0.2, 0.25) is 0 Å². The third kappa shape index (κ3) is 5.63. The van der Waals surface area contributed by atoms with E-state index in [-0.39, 0.29) is 0 Å². The molecule has 0 radical (unpaired) electrons. The molecule has 9 aromatic carbocycles. The summed E-state index contributed by atoms with van der Waals surface area (Å²) in [5.41, 5.74) is 2.88. The van der Waals surface area contributed by atoms with Gasteiger partial charge >= 0.3 is 0 Å². The van der Waals surface area contributed by atoms with E-state index < -0.39 is 8.07 Å². The molecule has 0 N–H and O–H groups in total. The first-order chi connectivity index (χ1) is 27.3. The molecule has 0 spiro atoms. The van der Waals surface area contributed by atoms with Crippen LogP contribution in [0, 0.1) is 0 Å². The molecule has 1 heterocycles. The Hall–Kier alpha value is -7.01. The van der Waals surface area contributed by atoms with Gasteiger partial charge in [-0.2, -0.15) is 0 Å². The average molecular weight is 718 g/mol. The van der Waals surface area contributed by atoms with Crippen LogP contribution in [0.5, 0.6) is 0 Å². The molecule has 0 aliphatic rings. The monoisotopic (exact) mass is 717 g/mol. The topological polar surface area (TPSA) is 38.7 Å². The van der Waals surface area contributed by atoms with Gasteiger partial charge in [-0.3, -0.25) is 0 Å². The van der Waals surface area contributed by atoms with Gasteiger partial charge in [-0.25, -0.2) is 15.0 Å². The van der Waals surface area contributed by atoms with Crippen molar-refractivity contribution in [2.24, 2.45) is 0 Å². The third-order valence-corrected chi connectivity index (χ3v) is 15.6. The zero-order valence-electron chi connectivity index (χ0n) is 30.0. The molecule has 0 bridgehead atoms. The maximum absolute atomic E-state index is 5.37. The van der Waals surface area contributed by atoms with E-state index in [1.807, 2.05) is 18.2 Å². The molecular weight excluding hydrogens is 683 g/mol. The van der Waals surface area contributed by atoms with Crippen LogP contribution in [0.25, 0.3) is 66.5 Å². The third-order valence-electron chi connectivity index (χ3n) is 10.8. The fourth-order valence-electron chi connectivity index (χ4n) is 8.34. The lowest BCUT2D eigenvalue weighted by atomic mass is 9.93. The molecule has 0 atom stereocenters. The summed E-state index contributed by atoms with van der Waals surface area (Å²) in [6, 6.07) is 76.2. The quantitative estimate of drug-likeness (QED) is 0.0937. The largest absolute Gasteiger partial charge is 0.208 e.